The number of ether oxygens (including phenoxy) is 1. The van der Waals surface area contributed by atoms with Gasteiger partial charge in [-0.25, -0.2) is 4.98 Å². The van der Waals surface area contributed by atoms with Crippen molar-refractivity contribution in [3.63, 3.8) is 0 Å². The van der Waals surface area contributed by atoms with E-state index in [1.165, 1.54) is 6.33 Å². The van der Waals surface area contributed by atoms with Crippen LogP contribution in [0.15, 0.2) is 97.3 Å². The van der Waals surface area contributed by atoms with Crippen molar-refractivity contribution in [1.82, 2.24) is 34.7 Å². The van der Waals surface area contributed by atoms with Crippen molar-refractivity contribution in [3.8, 4) is 0 Å². The average Bonchev–Trinajstić information content (AvgIpc) is 3.88. The third-order valence-electron chi connectivity index (χ3n) is 9.10. The highest BCUT2D eigenvalue weighted by Gasteiger charge is 2.47. The largest absolute Gasteiger partial charge is 0.387 e. The van der Waals surface area contributed by atoms with Gasteiger partial charge in [-0.05, 0) is 23.1 Å². The molecule has 1 aliphatic rings. The minimum absolute atomic E-state index is 0.00601. The number of aliphatic hydroxyl groups excluding tert-OH is 3. The standard InChI is InChI=1S/C37H41N9O4/c1-23(2)32-40-34(44-43-32)31-29(48)30(49)36(50-31)46-21-39-28-33(38-20-27(25-14-8-4-9-15-25)26-16-10-5-11-17-26)41-37(42-35(28)46)45(22-47)19-18-24-12-6-3-7-13-24/h3-17,21,23,27,29-31,36,47-49H,18-20,22H2,1-2H3,(H,38,41,42)(H,40,43,44)/t29-,30+,31-,36+/m0/s1. The van der Waals surface area contributed by atoms with Crippen molar-refractivity contribution >= 4 is 22.9 Å². The van der Waals surface area contributed by atoms with E-state index in [9.17, 15) is 15.3 Å². The molecule has 6 aromatic rings. The molecule has 0 spiro atoms. The molecule has 50 heavy (non-hydrogen) atoms. The van der Waals surface area contributed by atoms with Crippen molar-refractivity contribution in [2.75, 3.05) is 30.0 Å². The third kappa shape index (κ3) is 6.81. The Morgan fingerprint density at radius 2 is 1.54 bits per heavy atom. The molecular weight excluding hydrogens is 634 g/mol. The molecule has 3 aromatic carbocycles. The summed E-state index contributed by atoms with van der Waals surface area (Å²) in [5, 5.41) is 44.8. The second-order valence-electron chi connectivity index (χ2n) is 12.8. The lowest BCUT2D eigenvalue weighted by molar-refractivity contribution is -0.0382. The topological polar surface area (TPSA) is 170 Å². The number of aliphatic hydroxyl groups is 3. The van der Waals surface area contributed by atoms with E-state index in [0.29, 0.717) is 48.1 Å². The van der Waals surface area contributed by atoms with Crippen LogP contribution in [0.3, 0.4) is 0 Å². The summed E-state index contributed by atoms with van der Waals surface area (Å²) in [5.41, 5.74) is 4.20. The van der Waals surface area contributed by atoms with Gasteiger partial charge in [0.1, 0.15) is 30.9 Å². The number of nitrogens with one attached hydrogen (secondary N) is 2. The number of aromatic amines is 1. The predicted molar refractivity (Wildman–Crippen MR) is 188 cm³/mol. The van der Waals surface area contributed by atoms with Gasteiger partial charge in [0.25, 0.3) is 0 Å². The maximum atomic E-state index is 11.3. The number of hydrogen-bond acceptors (Lipinski definition) is 11. The van der Waals surface area contributed by atoms with Gasteiger partial charge in [-0.2, -0.15) is 9.97 Å². The van der Waals surface area contributed by atoms with Crippen molar-refractivity contribution in [1.29, 1.82) is 0 Å². The summed E-state index contributed by atoms with van der Waals surface area (Å²) in [5.74, 6) is 1.80. The Balaban J connectivity index is 1.25. The number of imidazole rings is 1. The molecule has 13 nitrogen and oxygen atoms in total. The normalized spacial score (nSPS) is 19.1. The highest BCUT2D eigenvalue weighted by molar-refractivity contribution is 5.84. The van der Waals surface area contributed by atoms with Gasteiger partial charge in [0.2, 0.25) is 5.95 Å². The molecule has 4 heterocycles. The van der Waals surface area contributed by atoms with E-state index >= 15 is 0 Å². The van der Waals surface area contributed by atoms with Gasteiger partial charge in [-0.15, -0.1) is 10.2 Å². The first kappa shape index (κ1) is 33.3. The van der Waals surface area contributed by atoms with Crippen LogP contribution < -0.4 is 10.2 Å². The van der Waals surface area contributed by atoms with Gasteiger partial charge in [0.05, 0.1) is 6.33 Å². The molecule has 13 heteroatoms. The fraction of sp³-hybridized carbons (Fsp3) is 0.324. The number of H-pyrrole nitrogens is 1. The molecule has 0 saturated carbocycles. The minimum atomic E-state index is -1.33. The second-order valence-corrected chi connectivity index (χ2v) is 12.8. The van der Waals surface area contributed by atoms with E-state index in [-0.39, 0.29) is 24.5 Å². The highest BCUT2D eigenvalue weighted by Crippen LogP contribution is 2.39. The lowest BCUT2D eigenvalue weighted by Gasteiger charge is -2.23. The van der Waals surface area contributed by atoms with E-state index in [2.05, 4.69) is 49.7 Å². The quantitative estimate of drug-likeness (QED) is 0.111. The van der Waals surface area contributed by atoms with Crippen LogP contribution in [-0.2, 0) is 11.2 Å². The van der Waals surface area contributed by atoms with Crippen molar-refractivity contribution in [3.05, 3.63) is 126 Å². The Morgan fingerprint density at radius 3 is 2.16 bits per heavy atom. The third-order valence-corrected chi connectivity index (χ3v) is 9.10. The van der Waals surface area contributed by atoms with Gasteiger partial charge in [0.15, 0.2) is 29.0 Å². The van der Waals surface area contributed by atoms with Crippen LogP contribution in [0.4, 0.5) is 11.8 Å². The summed E-state index contributed by atoms with van der Waals surface area (Å²) in [6, 6.07) is 30.5. The molecule has 0 radical (unpaired) electrons. The van der Waals surface area contributed by atoms with Crippen LogP contribution in [-0.4, -0.2) is 82.0 Å². The van der Waals surface area contributed by atoms with E-state index in [1.54, 1.807) is 9.47 Å². The van der Waals surface area contributed by atoms with Crippen LogP contribution in [0.2, 0.25) is 0 Å². The van der Waals surface area contributed by atoms with Crippen LogP contribution in [0.1, 0.15) is 66.4 Å². The summed E-state index contributed by atoms with van der Waals surface area (Å²) >= 11 is 0. The summed E-state index contributed by atoms with van der Waals surface area (Å²) in [4.78, 5) is 19.2. The van der Waals surface area contributed by atoms with Crippen LogP contribution >= 0.6 is 0 Å². The number of nitrogens with zero attached hydrogens (tertiary/aromatic N) is 7. The first-order chi connectivity index (χ1) is 24.4. The van der Waals surface area contributed by atoms with E-state index in [0.717, 1.165) is 16.7 Å². The summed E-state index contributed by atoms with van der Waals surface area (Å²) in [7, 11) is 0. The SMILES string of the molecule is CC(C)c1nnc([C@H]2O[C@@H](n3cnc4c(NCC(c5ccccc5)c5ccccc5)nc(N(CO)CCc5ccccc5)nc43)[C@H](O)[C@@H]2O)[nH]1. The zero-order chi connectivity index (χ0) is 34.6. The van der Waals surface area contributed by atoms with Gasteiger partial charge in [-0.3, -0.25) is 4.57 Å². The first-order valence-electron chi connectivity index (χ1n) is 16.8. The van der Waals surface area contributed by atoms with Gasteiger partial charge in [0, 0.05) is 24.9 Å². The number of fused-ring (bicyclic) bond motifs is 1. The van der Waals surface area contributed by atoms with Crippen molar-refractivity contribution in [2.45, 2.75) is 56.6 Å². The molecule has 0 unspecified atom stereocenters. The zero-order valence-corrected chi connectivity index (χ0v) is 27.9. The average molecular weight is 676 g/mol. The zero-order valence-electron chi connectivity index (χ0n) is 27.9. The van der Waals surface area contributed by atoms with Gasteiger partial charge >= 0.3 is 0 Å². The van der Waals surface area contributed by atoms with Crippen LogP contribution in [0.5, 0.6) is 0 Å². The Labute approximate surface area is 289 Å². The fourth-order valence-electron chi connectivity index (χ4n) is 6.29. The van der Waals surface area contributed by atoms with Crippen LogP contribution in [0.25, 0.3) is 11.2 Å². The van der Waals surface area contributed by atoms with E-state index in [4.69, 9.17) is 14.7 Å². The Kier molecular flexibility index (Phi) is 9.81. The maximum absolute atomic E-state index is 11.3. The molecule has 0 amide bonds. The number of anilines is 2. The highest BCUT2D eigenvalue weighted by atomic mass is 16.6. The Morgan fingerprint density at radius 1 is 0.880 bits per heavy atom. The van der Waals surface area contributed by atoms with Gasteiger partial charge < -0.3 is 35.3 Å². The van der Waals surface area contributed by atoms with Gasteiger partial charge in [-0.1, -0.05) is 105 Å². The first-order valence-corrected chi connectivity index (χ1v) is 16.8. The predicted octanol–water partition coefficient (Wildman–Crippen LogP) is 4.30. The fourth-order valence-corrected chi connectivity index (χ4v) is 6.29. The molecule has 0 aliphatic carbocycles. The smallest absolute Gasteiger partial charge is 0.231 e. The number of rotatable bonds is 13. The second kappa shape index (κ2) is 14.7. The lowest BCUT2D eigenvalue weighted by Crippen LogP contribution is -2.30. The Bertz CT molecular complexity index is 1950. The van der Waals surface area contributed by atoms with Crippen molar-refractivity contribution in [2.24, 2.45) is 0 Å². The molecule has 1 aliphatic heterocycles. The number of benzene rings is 3. The minimum Gasteiger partial charge on any atom is -0.387 e. The molecule has 4 atom stereocenters. The lowest BCUT2D eigenvalue weighted by atomic mass is 9.91. The molecular formula is C37H41N9O4. The molecule has 5 N–H and O–H groups in total. The molecule has 258 valence electrons. The summed E-state index contributed by atoms with van der Waals surface area (Å²) in [6.07, 6.45) is -2.44. The van der Waals surface area contributed by atoms with E-state index < -0.39 is 24.5 Å². The molecule has 1 saturated heterocycles. The van der Waals surface area contributed by atoms with E-state index in [1.807, 2.05) is 80.6 Å². The Hall–Kier alpha value is -5.21. The maximum Gasteiger partial charge on any atom is 0.231 e. The van der Waals surface area contributed by atoms with Crippen molar-refractivity contribution < 1.29 is 20.1 Å². The summed E-state index contributed by atoms with van der Waals surface area (Å²) < 4.78 is 7.84. The molecule has 0 bridgehead atoms. The number of hydrogen-bond donors (Lipinski definition) is 5. The molecule has 3 aromatic heterocycles. The monoisotopic (exact) mass is 675 g/mol. The molecule has 1 fully saturated rings. The number of aromatic nitrogens is 7. The summed E-state index contributed by atoms with van der Waals surface area (Å²) in [6.45, 7) is 4.57. The van der Waals surface area contributed by atoms with Crippen LogP contribution in [0, 0.1) is 0 Å². The molecule has 7 rings (SSSR count).